The summed E-state index contributed by atoms with van der Waals surface area (Å²) in [6.45, 7) is 3.42. The predicted octanol–water partition coefficient (Wildman–Crippen LogP) is 1.31. The van der Waals surface area contributed by atoms with Crippen LogP contribution in [0.4, 0.5) is 0 Å². The Kier molecular flexibility index (Phi) is 5.74. The largest absolute Gasteiger partial charge is 0.388 e. The quantitative estimate of drug-likeness (QED) is 0.866. The fourth-order valence-electron chi connectivity index (χ4n) is 3.91. The van der Waals surface area contributed by atoms with E-state index in [1.165, 1.54) is 12.8 Å². The average Bonchev–Trinajstić information content (AvgIpc) is 2.98. The van der Waals surface area contributed by atoms with E-state index in [1.54, 1.807) is 11.2 Å². The zero-order valence-electron chi connectivity index (χ0n) is 15.4. The molecular formula is C18H30N4O3. The summed E-state index contributed by atoms with van der Waals surface area (Å²) in [5, 5.41) is 18.8. The summed E-state index contributed by atoms with van der Waals surface area (Å²) >= 11 is 0. The van der Waals surface area contributed by atoms with E-state index in [0.717, 1.165) is 31.0 Å². The first kappa shape index (κ1) is 18.3. The van der Waals surface area contributed by atoms with Crippen molar-refractivity contribution in [1.29, 1.82) is 0 Å². The summed E-state index contributed by atoms with van der Waals surface area (Å²) in [5.41, 5.74) is -0.936. The maximum atomic E-state index is 12.5. The highest BCUT2D eigenvalue weighted by Crippen LogP contribution is 2.27. The van der Waals surface area contributed by atoms with Crippen LogP contribution < -0.4 is 0 Å². The highest BCUT2D eigenvalue weighted by atomic mass is 16.5. The third-order valence-corrected chi connectivity index (χ3v) is 5.61. The molecule has 2 aliphatic rings. The second-order valence-electron chi connectivity index (χ2n) is 7.87. The molecule has 1 N–H and O–H groups in total. The summed E-state index contributed by atoms with van der Waals surface area (Å²) in [6, 6.07) is 0. The van der Waals surface area contributed by atoms with Gasteiger partial charge in [-0.25, -0.2) is 0 Å². The zero-order chi connectivity index (χ0) is 17.9. The molecule has 25 heavy (non-hydrogen) atoms. The number of hydrogen-bond acceptors (Lipinski definition) is 5. The van der Waals surface area contributed by atoms with Crippen molar-refractivity contribution in [2.75, 3.05) is 19.7 Å². The number of β-amino-alcohol motifs (C(OH)–C–C–N with tert-alkyl or cyclic N) is 1. The molecule has 1 unspecified atom stereocenters. The SMILES string of the molecule is CC1CCC(OCC(=O)N2CCCC(O)(Cc3nncn3C)C2)CC1. The average molecular weight is 350 g/mol. The van der Waals surface area contributed by atoms with Crippen molar-refractivity contribution in [2.24, 2.45) is 13.0 Å². The Labute approximate surface area is 149 Å². The van der Waals surface area contributed by atoms with E-state index in [-0.39, 0.29) is 18.6 Å². The third kappa shape index (κ3) is 4.79. The van der Waals surface area contributed by atoms with E-state index in [0.29, 0.717) is 25.9 Å². The van der Waals surface area contributed by atoms with Crippen molar-refractivity contribution in [2.45, 2.75) is 63.6 Å². The molecule has 1 amide bonds. The molecule has 7 nitrogen and oxygen atoms in total. The highest BCUT2D eigenvalue weighted by molar-refractivity contribution is 5.77. The Bertz CT molecular complexity index is 583. The number of nitrogens with zero attached hydrogens (tertiary/aromatic N) is 4. The smallest absolute Gasteiger partial charge is 0.248 e. The number of likely N-dealkylation sites (tertiary alicyclic amines) is 1. The molecule has 0 spiro atoms. The molecule has 140 valence electrons. The third-order valence-electron chi connectivity index (χ3n) is 5.61. The standard InChI is InChI=1S/C18H30N4O3/c1-14-4-6-15(7-5-14)25-11-17(23)22-9-3-8-18(24,12-22)10-16-20-19-13-21(16)2/h13-15,24H,3-12H2,1-2H3. The van der Waals surface area contributed by atoms with Crippen molar-refractivity contribution in [3.8, 4) is 0 Å². The van der Waals surface area contributed by atoms with E-state index < -0.39 is 5.60 Å². The fourth-order valence-corrected chi connectivity index (χ4v) is 3.91. The van der Waals surface area contributed by atoms with Crippen LogP contribution in [-0.4, -0.2) is 62.1 Å². The zero-order valence-corrected chi connectivity index (χ0v) is 15.4. The number of ether oxygens (including phenoxy) is 1. The molecule has 2 fully saturated rings. The minimum Gasteiger partial charge on any atom is -0.388 e. The first-order valence-corrected chi connectivity index (χ1v) is 9.40. The number of rotatable bonds is 5. The van der Waals surface area contributed by atoms with Gasteiger partial charge in [-0.05, 0) is 44.4 Å². The van der Waals surface area contributed by atoms with Gasteiger partial charge in [0.25, 0.3) is 0 Å². The molecule has 3 rings (SSSR count). The summed E-state index contributed by atoms with van der Waals surface area (Å²) in [5.74, 6) is 1.49. The van der Waals surface area contributed by atoms with Crippen LogP contribution in [0.5, 0.6) is 0 Å². The van der Waals surface area contributed by atoms with Gasteiger partial charge in [0.15, 0.2) is 0 Å². The Morgan fingerprint density at radius 1 is 1.40 bits per heavy atom. The Balaban J connectivity index is 1.50. The fraction of sp³-hybridized carbons (Fsp3) is 0.833. The molecule has 1 saturated heterocycles. The van der Waals surface area contributed by atoms with Crippen molar-refractivity contribution in [3.63, 3.8) is 0 Å². The lowest BCUT2D eigenvalue weighted by Gasteiger charge is -2.39. The molecule has 2 heterocycles. The normalized spacial score (nSPS) is 30.4. The van der Waals surface area contributed by atoms with Gasteiger partial charge in [-0.3, -0.25) is 4.79 Å². The van der Waals surface area contributed by atoms with Gasteiger partial charge in [0.1, 0.15) is 18.8 Å². The van der Waals surface area contributed by atoms with Crippen LogP contribution in [0.1, 0.15) is 51.3 Å². The van der Waals surface area contributed by atoms with Gasteiger partial charge in [-0.2, -0.15) is 0 Å². The van der Waals surface area contributed by atoms with Crippen molar-refractivity contribution >= 4 is 5.91 Å². The van der Waals surface area contributed by atoms with E-state index in [1.807, 2.05) is 11.6 Å². The molecule has 7 heteroatoms. The molecule has 1 aromatic rings. The van der Waals surface area contributed by atoms with Crippen molar-refractivity contribution < 1.29 is 14.6 Å². The Morgan fingerprint density at radius 2 is 2.16 bits per heavy atom. The number of carbonyl (C=O) groups is 1. The molecule has 1 saturated carbocycles. The first-order valence-electron chi connectivity index (χ1n) is 9.40. The Hall–Kier alpha value is -1.47. The molecule has 1 aromatic heterocycles. The number of aromatic nitrogens is 3. The maximum absolute atomic E-state index is 12.5. The number of amides is 1. The van der Waals surface area contributed by atoms with E-state index in [4.69, 9.17) is 4.74 Å². The lowest BCUT2D eigenvalue weighted by atomic mass is 9.89. The van der Waals surface area contributed by atoms with Crippen LogP contribution >= 0.6 is 0 Å². The monoisotopic (exact) mass is 350 g/mol. The highest BCUT2D eigenvalue weighted by Gasteiger charge is 2.36. The molecule has 0 radical (unpaired) electrons. The van der Waals surface area contributed by atoms with Gasteiger partial charge >= 0.3 is 0 Å². The number of hydrogen-bond donors (Lipinski definition) is 1. The molecule has 1 aliphatic heterocycles. The number of carbonyl (C=O) groups excluding carboxylic acids is 1. The first-order chi connectivity index (χ1) is 12.0. The van der Waals surface area contributed by atoms with Gasteiger partial charge in [0.2, 0.25) is 5.91 Å². The van der Waals surface area contributed by atoms with Crippen LogP contribution in [-0.2, 0) is 23.0 Å². The predicted molar refractivity (Wildman–Crippen MR) is 92.8 cm³/mol. The van der Waals surface area contributed by atoms with Crippen LogP contribution in [0.25, 0.3) is 0 Å². The molecular weight excluding hydrogens is 320 g/mol. The molecule has 1 aliphatic carbocycles. The summed E-state index contributed by atoms with van der Waals surface area (Å²) in [6.07, 6.45) is 8.17. The summed E-state index contributed by atoms with van der Waals surface area (Å²) in [7, 11) is 1.86. The maximum Gasteiger partial charge on any atom is 0.248 e. The lowest BCUT2D eigenvalue weighted by Crippen LogP contribution is -2.52. The second-order valence-corrected chi connectivity index (χ2v) is 7.87. The van der Waals surface area contributed by atoms with Crippen LogP contribution in [0, 0.1) is 5.92 Å². The molecule has 0 aromatic carbocycles. The lowest BCUT2D eigenvalue weighted by molar-refractivity contribution is -0.146. The van der Waals surface area contributed by atoms with Crippen LogP contribution in [0.2, 0.25) is 0 Å². The van der Waals surface area contributed by atoms with E-state index in [9.17, 15) is 9.90 Å². The minimum atomic E-state index is -0.936. The second kappa shape index (κ2) is 7.83. The van der Waals surface area contributed by atoms with E-state index in [2.05, 4.69) is 17.1 Å². The topological polar surface area (TPSA) is 80.5 Å². The molecule has 0 bridgehead atoms. The van der Waals surface area contributed by atoms with Crippen molar-refractivity contribution in [1.82, 2.24) is 19.7 Å². The van der Waals surface area contributed by atoms with Gasteiger partial charge in [-0.15, -0.1) is 10.2 Å². The van der Waals surface area contributed by atoms with Crippen molar-refractivity contribution in [3.05, 3.63) is 12.2 Å². The van der Waals surface area contributed by atoms with E-state index >= 15 is 0 Å². The van der Waals surface area contributed by atoms with Gasteiger partial charge in [0.05, 0.1) is 11.7 Å². The van der Waals surface area contributed by atoms with Gasteiger partial charge in [0, 0.05) is 26.6 Å². The number of aliphatic hydroxyl groups is 1. The molecule has 1 atom stereocenters. The number of aryl methyl sites for hydroxylation is 1. The van der Waals surface area contributed by atoms with Gasteiger partial charge < -0.3 is 19.3 Å². The Morgan fingerprint density at radius 3 is 2.84 bits per heavy atom. The number of piperidine rings is 1. The van der Waals surface area contributed by atoms with Gasteiger partial charge in [-0.1, -0.05) is 6.92 Å². The summed E-state index contributed by atoms with van der Waals surface area (Å²) < 4.78 is 7.65. The van der Waals surface area contributed by atoms with Crippen LogP contribution in [0.15, 0.2) is 6.33 Å². The summed E-state index contributed by atoms with van der Waals surface area (Å²) in [4.78, 5) is 14.3. The van der Waals surface area contributed by atoms with Crippen LogP contribution in [0.3, 0.4) is 0 Å². The minimum absolute atomic E-state index is 0.0188.